The van der Waals surface area contributed by atoms with Gasteiger partial charge in [0.1, 0.15) is 11.4 Å². The van der Waals surface area contributed by atoms with Crippen molar-refractivity contribution in [2.45, 2.75) is 112 Å². The molecule has 8 heterocycles. The molecule has 2 amide bonds. The number of aromatic carboxylic acids is 1. The summed E-state index contributed by atoms with van der Waals surface area (Å²) in [6.07, 6.45) is 9.45. The molecule has 0 radical (unpaired) electrons. The third-order valence-corrected chi connectivity index (χ3v) is 17.6. The Morgan fingerprint density at radius 1 is 0.675 bits per heavy atom. The number of H-pyrrole nitrogens is 2. The van der Waals surface area contributed by atoms with E-state index in [0.717, 1.165) is 59.5 Å². The number of halogens is 6. The second kappa shape index (κ2) is 45.9. The Bertz CT molecular complexity index is 5070. The number of aromatic amines is 2. The molecule has 0 fully saturated rings. The van der Waals surface area contributed by atoms with E-state index in [4.69, 9.17) is 38.6 Å². The number of anilines is 1. The molecule has 5 aromatic heterocycles. The Labute approximate surface area is 690 Å². The Balaban J connectivity index is 0.000000321. The number of carbonyl (C=O) groups is 6. The minimum absolute atomic E-state index is 0. The van der Waals surface area contributed by atoms with Crippen LogP contribution in [0.15, 0.2) is 150 Å². The van der Waals surface area contributed by atoms with E-state index in [2.05, 4.69) is 41.1 Å². The van der Waals surface area contributed by atoms with Crippen LogP contribution in [-0.2, 0) is 53.5 Å². The van der Waals surface area contributed by atoms with Crippen LogP contribution in [0.25, 0.3) is 5.53 Å². The molecule has 0 bridgehead atoms. The van der Waals surface area contributed by atoms with E-state index in [1.807, 2.05) is 64.1 Å². The van der Waals surface area contributed by atoms with Crippen LogP contribution in [0.3, 0.4) is 0 Å². The number of nitrogens with two attached hydrogens (primary N) is 1. The second-order valence-electron chi connectivity index (χ2n) is 25.3. The predicted molar refractivity (Wildman–Crippen MR) is 417 cm³/mol. The number of allylic oxidation sites excluding steroid dienone is 4. The Kier molecular flexibility index (Phi) is 37.2. The van der Waals surface area contributed by atoms with E-state index in [1.54, 1.807) is 86.8 Å². The van der Waals surface area contributed by atoms with Crippen LogP contribution in [0, 0.1) is 59.6 Å². The van der Waals surface area contributed by atoms with Gasteiger partial charge in [0.15, 0.2) is 17.1 Å². The zero-order chi connectivity index (χ0) is 84.3. The molecule has 117 heavy (non-hydrogen) atoms. The number of nitroso groups, excluding NO2 is 1. The number of amides is 2. The standard InChI is InChI=1S/C22H22FN5O5.C20H18FN5O5.C17H19FN4O4.C7H9N.C6H5ClO.CH3F.CH4.ClH.Li.H2N5O/c1-3-33-22(30)19-15-12-26(21(29)17-5-4-8-24-17)10-13(2)20(15)27(25-19)11-14-6-7-16(23)18(9-14)28(31)32;1-11-8-24(19(27)15-3-2-6-22-15)10-13-17(20(28)29)23-25(18(11)13)9-12-4-5-14(21)16(7-12)26(30)31;1-3-26-17(23)15-12-8-19-7-10(2)16(12)21(20-15)9-11-4-5-13(18)14(6-11)22(24)25;1-6-3-2-4-7(8)5-6;7-6(8)5-3-1-2-4-5;1-2;;;;1-2-3-4-5-6/h4-9,13,24H,3,10-12H2,1-2H3;2-7,11,22H,8-10H2,1H3,(H,28,29);4-6,10,19H,3,7-9H2,1-2H3;2-5H,8H2,1H3;1-3H,4H2;1H3;1H4;1H;;(H2-,1,2,3,4,5,6)/q;;;;;;;;+1;-1/i;;;;;1D;;;;. The topological polar surface area (TPSA) is 488 Å². The van der Waals surface area contributed by atoms with Gasteiger partial charge in [-0.3, -0.25) is 68.4 Å². The summed E-state index contributed by atoms with van der Waals surface area (Å²) in [5, 5.41) is 63.0. The van der Waals surface area contributed by atoms with Gasteiger partial charge in [0, 0.05) is 120 Å². The van der Waals surface area contributed by atoms with Gasteiger partial charge in [-0.15, -0.1) is 17.3 Å². The maximum atomic E-state index is 13.8. The molecule has 4 aromatic carbocycles. The maximum absolute atomic E-state index is 13.8. The summed E-state index contributed by atoms with van der Waals surface area (Å²) in [5.41, 5.74) is 23.5. The van der Waals surface area contributed by atoms with Gasteiger partial charge in [-0.1, -0.05) is 76.8 Å². The van der Waals surface area contributed by atoms with Gasteiger partial charge in [-0.2, -0.15) is 28.5 Å². The van der Waals surface area contributed by atoms with Crippen molar-refractivity contribution < 1.29 is 95.9 Å². The quantitative estimate of drug-likeness (QED) is 0.00356. The van der Waals surface area contributed by atoms with Crippen molar-refractivity contribution in [2.75, 3.05) is 45.7 Å². The van der Waals surface area contributed by atoms with Gasteiger partial charge < -0.3 is 56.5 Å². The first-order valence-corrected chi connectivity index (χ1v) is 34.9. The summed E-state index contributed by atoms with van der Waals surface area (Å²) in [6, 6.07) is 25.4. The Hall–Kier alpha value is -12.8. The number of nitrogens with one attached hydrogen (secondary N) is 5. The van der Waals surface area contributed by atoms with Gasteiger partial charge in [0.25, 0.3) is 11.8 Å². The predicted octanol–water partition coefficient (Wildman–Crippen LogP) is 9.93. The molecule has 618 valence electrons. The number of rotatable bonds is 20. The number of esters is 2. The summed E-state index contributed by atoms with van der Waals surface area (Å²) in [5.74, 6) is -5.87. The molecule has 3 unspecified atom stereocenters. The van der Waals surface area contributed by atoms with Gasteiger partial charge in [-0.05, 0) is 116 Å². The molecule has 13 rings (SSSR count). The fourth-order valence-electron chi connectivity index (χ4n) is 12.6. The largest absolute Gasteiger partial charge is 1.00 e. The third-order valence-electron chi connectivity index (χ3n) is 17.3. The first kappa shape index (κ1) is 94.8. The number of aryl methyl sites for hydroxylation is 1. The van der Waals surface area contributed by atoms with Gasteiger partial charge in [-0.25, -0.2) is 19.9 Å². The molecule has 0 spiro atoms. The molecule has 3 aliphatic heterocycles. The van der Waals surface area contributed by atoms with Crippen molar-refractivity contribution in [2.24, 2.45) is 10.5 Å². The minimum Gasteiger partial charge on any atom is -0.476 e. The number of alkyl halides is 1. The van der Waals surface area contributed by atoms with E-state index >= 15 is 0 Å². The number of nitro benzene ring substituents is 3. The Morgan fingerprint density at radius 2 is 1.09 bits per heavy atom. The molecular formula is C74H83Cl2F4LiN20O16. The number of nitro groups is 3. The van der Waals surface area contributed by atoms with Crippen LogP contribution in [0.5, 0.6) is 0 Å². The number of carbonyl (C=O) groups excluding carboxylic acids is 5. The van der Waals surface area contributed by atoms with Gasteiger partial charge >= 0.3 is 53.8 Å². The zero-order valence-electron chi connectivity index (χ0n) is 64.3. The van der Waals surface area contributed by atoms with Crippen LogP contribution >= 0.6 is 24.0 Å². The molecule has 9 aromatic rings. The summed E-state index contributed by atoms with van der Waals surface area (Å²) in [4.78, 5) is 121. The van der Waals surface area contributed by atoms with Crippen molar-refractivity contribution in [3.8, 4) is 0 Å². The normalized spacial score (nSPS) is 14.2. The third kappa shape index (κ3) is 25.4. The number of carboxylic acids is 1. The number of nitrogens with zero attached hydrogens (tertiary/aromatic N) is 14. The van der Waals surface area contributed by atoms with E-state index in [1.165, 1.54) is 34.5 Å². The number of fused-ring (bicyclic) bond motifs is 3. The summed E-state index contributed by atoms with van der Waals surface area (Å²) < 4.78 is 71.4. The van der Waals surface area contributed by atoms with Crippen LogP contribution in [-0.4, -0.2) is 144 Å². The van der Waals surface area contributed by atoms with E-state index < -0.39 is 74.3 Å². The Morgan fingerprint density at radius 3 is 1.42 bits per heavy atom. The van der Waals surface area contributed by atoms with Crippen LogP contribution in [0.1, 0.15) is 176 Å². The molecule has 0 saturated carbocycles. The zero-order valence-corrected chi connectivity index (χ0v) is 64.9. The van der Waals surface area contributed by atoms with Crippen LogP contribution < -0.4 is 41.0 Å². The van der Waals surface area contributed by atoms with E-state index in [-0.39, 0.29) is 137 Å². The number of aromatic nitrogens is 8. The number of nitrogen functional groups attached to an aromatic ring is 1. The molecule has 1 aliphatic carbocycles. The molecule has 8 N–H and O–H groups in total. The number of hydrazine groups is 1. The first-order chi connectivity index (χ1) is 54.9. The molecule has 43 heteroatoms. The number of benzene rings is 4. The van der Waals surface area contributed by atoms with Gasteiger partial charge in [0.05, 0.1) is 74.5 Å². The second-order valence-corrected chi connectivity index (χ2v) is 25.6. The SMILES string of the molecule is C.CC1CN(C(=O)c2ccc[nH]2)Cc2c(C(=O)O)nn(Cc3ccc(F)c([N+](=O)[O-])c3)c21.CCOC(=O)c1nn(Cc2ccc(F)c([N+](=O)[O-])c2)c2c1CN(C(=O)c1ccc[nH]1)CC2C.CCOC(=O)c1nn(Cc2ccc(F)c([N+](=O)[O-])c2)c2c1CNCC2C.Cc1cccc(N)c1.Cl.O=C(Cl)C1=CC=CC1.[2H]CF.[Li+].[N-]=NNNN=O. The summed E-state index contributed by atoms with van der Waals surface area (Å²) in [6.45, 7) is 14.1. The molecule has 3 atom stereocenters. The maximum Gasteiger partial charge on any atom is 1.00 e. The molecule has 36 nitrogen and oxygen atoms in total. The minimum atomic E-state index is -1.23. The average Bonchev–Trinajstić information content (AvgIpc) is 1.61. The summed E-state index contributed by atoms with van der Waals surface area (Å²) in [7, 11) is -1.00. The first-order valence-electron chi connectivity index (χ1n) is 35.2. The number of carboxylic acid groups (broad SMARTS) is 1. The average molecular weight is 1660 g/mol. The van der Waals surface area contributed by atoms with E-state index in [0.29, 0.717) is 76.5 Å². The van der Waals surface area contributed by atoms with Crippen LogP contribution in [0.4, 0.5) is 40.3 Å². The van der Waals surface area contributed by atoms with Crippen LogP contribution in [0.2, 0.25) is 0 Å². The van der Waals surface area contributed by atoms with Crippen molar-refractivity contribution >= 4 is 81.7 Å². The van der Waals surface area contributed by atoms with Crippen molar-refractivity contribution in [3.63, 3.8) is 0 Å². The fraction of sp³-hybridized carbons (Fsp3) is 0.311. The van der Waals surface area contributed by atoms with Crippen molar-refractivity contribution in [1.82, 2.24) is 65.5 Å². The number of hydrogen-bond donors (Lipinski definition) is 7. The fourth-order valence-corrected chi connectivity index (χ4v) is 12.7. The smallest absolute Gasteiger partial charge is 0.476 e. The van der Waals surface area contributed by atoms with E-state index in [9.17, 15) is 81.8 Å². The van der Waals surface area contributed by atoms with Crippen molar-refractivity contribution in [3.05, 3.63) is 282 Å². The molecule has 0 saturated heterocycles. The number of ether oxygens (including phenoxy) is 2. The molecule has 4 aliphatic rings. The van der Waals surface area contributed by atoms with Crippen molar-refractivity contribution in [1.29, 1.82) is 0 Å². The number of hydrogen-bond acceptors (Lipinski definition) is 22. The molecular weight excluding hydrogens is 1580 g/mol. The van der Waals surface area contributed by atoms with Gasteiger partial charge in [0.2, 0.25) is 22.7 Å². The monoisotopic (exact) mass is 1660 g/mol. The summed E-state index contributed by atoms with van der Waals surface area (Å²) >= 11 is 5.14.